The molecule has 0 saturated heterocycles. The minimum absolute atomic E-state index is 0.158. The van der Waals surface area contributed by atoms with Crippen LogP contribution >= 0.6 is 0 Å². The van der Waals surface area contributed by atoms with Crippen molar-refractivity contribution in [2.45, 2.75) is 33.2 Å². The highest BCUT2D eigenvalue weighted by atomic mass is 16.5. The van der Waals surface area contributed by atoms with Gasteiger partial charge < -0.3 is 9.72 Å². The SMILES string of the molecule is CC(C)CC(=O)OCCN(CCc1c[nH]c2ccccc12)Cc1ccc(/C=C/C(=O)NO)cc1. The summed E-state index contributed by atoms with van der Waals surface area (Å²) in [5.74, 6) is -0.448. The molecule has 0 atom stereocenters. The van der Waals surface area contributed by atoms with Crippen molar-refractivity contribution in [2.75, 3.05) is 19.7 Å². The number of hydroxylamine groups is 1. The third-order valence-electron chi connectivity index (χ3n) is 5.54. The lowest BCUT2D eigenvalue weighted by Crippen LogP contribution is -2.30. The Hall–Kier alpha value is -3.42. The number of hydrogen-bond donors (Lipinski definition) is 3. The quantitative estimate of drug-likeness (QED) is 0.161. The van der Waals surface area contributed by atoms with Gasteiger partial charge in [0.25, 0.3) is 5.91 Å². The highest BCUT2D eigenvalue weighted by Crippen LogP contribution is 2.19. The molecular formula is C27H33N3O4. The van der Waals surface area contributed by atoms with E-state index in [0.29, 0.717) is 26.1 Å². The van der Waals surface area contributed by atoms with Gasteiger partial charge in [-0.3, -0.25) is 19.7 Å². The third kappa shape index (κ3) is 7.86. The molecule has 34 heavy (non-hydrogen) atoms. The van der Waals surface area contributed by atoms with Gasteiger partial charge in [-0.1, -0.05) is 56.3 Å². The highest BCUT2D eigenvalue weighted by Gasteiger charge is 2.12. The topological polar surface area (TPSA) is 94.7 Å². The van der Waals surface area contributed by atoms with Gasteiger partial charge >= 0.3 is 5.97 Å². The first-order valence-electron chi connectivity index (χ1n) is 11.6. The Morgan fingerprint density at radius 1 is 1.12 bits per heavy atom. The van der Waals surface area contributed by atoms with Gasteiger partial charge in [0.2, 0.25) is 0 Å². The summed E-state index contributed by atoms with van der Waals surface area (Å²) in [6.45, 7) is 6.54. The van der Waals surface area contributed by atoms with Crippen molar-refractivity contribution in [2.24, 2.45) is 5.92 Å². The number of rotatable bonds is 12. The molecule has 0 unspecified atom stereocenters. The van der Waals surface area contributed by atoms with E-state index in [1.165, 1.54) is 17.0 Å². The number of carbonyl (C=O) groups excluding carboxylic acids is 2. The predicted molar refractivity (Wildman–Crippen MR) is 133 cm³/mol. The maximum Gasteiger partial charge on any atom is 0.306 e. The molecule has 0 aliphatic rings. The number of nitrogens with zero attached hydrogens (tertiary/aromatic N) is 1. The first-order chi connectivity index (χ1) is 16.4. The molecule has 1 amide bonds. The van der Waals surface area contributed by atoms with Crippen LogP contribution in [0.1, 0.15) is 37.0 Å². The number of hydrogen-bond acceptors (Lipinski definition) is 5. The number of H-pyrrole nitrogens is 1. The summed E-state index contributed by atoms with van der Waals surface area (Å²) in [4.78, 5) is 28.7. The Kier molecular flexibility index (Phi) is 9.43. The van der Waals surface area contributed by atoms with Crippen molar-refractivity contribution in [1.29, 1.82) is 0 Å². The molecule has 0 aliphatic heterocycles. The number of nitrogens with one attached hydrogen (secondary N) is 2. The molecule has 0 radical (unpaired) electrons. The van der Waals surface area contributed by atoms with E-state index >= 15 is 0 Å². The van der Waals surface area contributed by atoms with Crippen LogP contribution in [0.15, 0.2) is 60.8 Å². The molecule has 0 saturated carbocycles. The van der Waals surface area contributed by atoms with E-state index in [0.717, 1.165) is 29.6 Å². The van der Waals surface area contributed by atoms with E-state index in [9.17, 15) is 9.59 Å². The molecule has 180 valence electrons. The second-order valence-corrected chi connectivity index (χ2v) is 8.76. The van der Waals surface area contributed by atoms with Crippen LogP contribution in [-0.2, 0) is 27.3 Å². The number of fused-ring (bicyclic) bond motifs is 1. The van der Waals surface area contributed by atoms with E-state index in [-0.39, 0.29) is 11.9 Å². The van der Waals surface area contributed by atoms with E-state index in [1.54, 1.807) is 11.6 Å². The van der Waals surface area contributed by atoms with Crippen LogP contribution < -0.4 is 5.48 Å². The molecule has 1 aromatic heterocycles. The average molecular weight is 464 g/mol. The van der Waals surface area contributed by atoms with Gasteiger partial charge in [-0.15, -0.1) is 0 Å². The van der Waals surface area contributed by atoms with E-state index in [2.05, 4.69) is 28.2 Å². The van der Waals surface area contributed by atoms with Crippen molar-refractivity contribution in [3.63, 3.8) is 0 Å². The number of benzene rings is 2. The molecule has 2 aromatic carbocycles. The lowest BCUT2D eigenvalue weighted by Gasteiger charge is -2.22. The Labute approximate surface area is 200 Å². The Morgan fingerprint density at radius 2 is 1.88 bits per heavy atom. The summed E-state index contributed by atoms with van der Waals surface area (Å²) < 4.78 is 5.46. The number of esters is 1. The number of aromatic nitrogens is 1. The molecule has 1 heterocycles. The van der Waals surface area contributed by atoms with Gasteiger partial charge in [0, 0.05) is 49.2 Å². The summed E-state index contributed by atoms with van der Waals surface area (Å²) in [5.41, 5.74) is 5.95. The fourth-order valence-electron chi connectivity index (χ4n) is 3.77. The van der Waals surface area contributed by atoms with Gasteiger partial charge in [-0.25, -0.2) is 5.48 Å². The monoisotopic (exact) mass is 463 g/mol. The Morgan fingerprint density at radius 3 is 2.62 bits per heavy atom. The zero-order chi connectivity index (χ0) is 24.3. The van der Waals surface area contributed by atoms with Gasteiger partial charge in [0.1, 0.15) is 6.61 Å². The largest absolute Gasteiger partial charge is 0.464 e. The highest BCUT2D eigenvalue weighted by molar-refractivity contribution is 5.90. The smallest absolute Gasteiger partial charge is 0.306 e. The van der Waals surface area contributed by atoms with Crippen LogP contribution in [0, 0.1) is 5.92 Å². The number of ether oxygens (including phenoxy) is 1. The molecule has 3 N–H and O–H groups in total. The van der Waals surface area contributed by atoms with Crippen molar-refractivity contribution >= 4 is 28.9 Å². The zero-order valence-electron chi connectivity index (χ0n) is 19.8. The first-order valence-corrected chi connectivity index (χ1v) is 11.6. The normalized spacial score (nSPS) is 11.6. The molecular weight excluding hydrogens is 430 g/mol. The van der Waals surface area contributed by atoms with Crippen molar-refractivity contribution in [3.8, 4) is 0 Å². The van der Waals surface area contributed by atoms with Gasteiger partial charge in [-0.05, 0) is 41.2 Å². The second kappa shape index (κ2) is 12.7. The maximum absolute atomic E-state index is 12.0. The van der Waals surface area contributed by atoms with Crippen LogP contribution in [0.3, 0.4) is 0 Å². The number of amides is 1. The Balaban J connectivity index is 1.63. The average Bonchev–Trinajstić information content (AvgIpc) is 3.24. The predicted octanol–water partition coefficient (Wildman–Crippen LogP) is 4.32. The molecule has 3 rings (SSSR count). The summed E-state index contributed by atoms with van der Waals surface area (Å²) in [6.07, 6.45) is 6.28. The summed E-state index contributed by atoms with van der Waals surface area (Å²) in [7, 11) is 0. The molecule has 7 heteroatoms. The first kappa shape index (κ1) is 25.2. The second-order valence-electron chi connectivity index (χ2n) is 8.76. The standard InChI is InChI=1S/C27H33N3O4/c1-20(2)17-27(32)34-16-15-30(14-13-23-18-28-25-6-4-3-5-24(23)25)19-22-9-7-21(8-10-22)11-12-26(31)29-33/h3-12,18,20,28,33H,13-17,19H2,1-2H3,(H,29,31)/b12-11+. The summed E-state index contributed by atoms with van der Waals surface area (Å²) in [5, 5.41) is 9.82. The molecule has 7 nitrogen and oxygen atoms in total. The fourth-order valence-corrected chi connectivity index (χ4v) is 3.77. The van der Waals surface area contributed by atoms with E-state index < -0.39 is 5.91 Å². The van der Waals surface area contributed by atoms with Gasteiger partial charge in [-0.2, -0.15) is 0 Å². The number of para-hydroxylation sites is 1. The van der Waals surface area contributed by atoms with E-state index in [4.69, 9.17) is 9.94 Å². The molecule has 0 aliphatic carbocycles. The molecule has 0 bridgehead atoms. The molecule has 0 spiro atoms. The number of carbonyl (C=O) groups is 2. The summed E-state index contributed by atoms with van der Waals surface area (Å²) >= 11 is 0. The van der Waals surface area contributed by atoms with Crippen LogP contribution in [0.5, 0.6) is 0 Å². The van der Waals surface area contributed by atoms with Crippen LogP contribution in [0.4, 0.5) is 0 Å². The minimum atomic E-state index is -0.570. The zero-order valence-corrected chi connectivity index (χ0v) is 19.8. The van der Waals surface area contributed by atoms with Crippen molar-refractivity contribution in [3.05, 3.63) is 77.5 Å². The van der Waals surface area contributed by atoms with Crippen LogP contribution in [0.2, 0.25) is 0 Å². The van der Waals surface area contributed by atoms with E-state index in [1.807, 2.05) is 50.2 Å². The van der Waals surface area contributed by atoms with Crippen LogP contribution in [0.25, 0.3) is 17.0 Å². The van der Waals surface area contributed by atoms with Crippen LogP contribution in [-0.4, -0.2) is 46.7 Å². The van der Waals surface area contributed by atoms with Gasteiger partial charge in [0.05, 0.1) is 0 Å². The Bertz CT molecular complexity index is 1100. The van der Waals surface area contributed by atoms with Crippen molar-refractivity contribution < 1.29 is 19.5 Å². The third-order valence-corrected chi connectivity index (χ3v) is 5.54. The lowest BCUT2D eigenvalue weighted by molar-refractivity contribution is -0.145. The van der Waals surface area contributed by atoms with Crippen molar-refractivity contribution in [1.82, 2.24) is 15.4 Å². The molecule has 3 aromatic rings. The maximum atomic E-state index is 12.0. The summed E-state index contributed by atoms with van der Waals surface area (Å²) in [6, 6.07) is 16.2. The lowest BCUT2D eigenvalue weighted by atomic mass is 10.1. The fraction of sp³-hybridized carbons (Fsp3) is 0.333. The molecule has 0 fully saturated rings. The van der Waals surface area contributed by atoms with Gasteiger partial charge in [0.15, 0.2) is 0 Å². The number of aromatic amines is 1. The minimum Gasteiger partial charge on any atom is -0.464 e.